The average Bonchev–Trinajstić information content (AvgIpc) is 3.23. The molecule has 0 fully saturated rings. The average molecular weight is 470 g/mol. The Bertz CT molecular complexity index is 1100. The SMILES string of the molecule is CC(C)N(CC(=O)Nc1nc(CC(=O)NCc2ccncc2)cs1)C(=O)c1ccc(F)cc1. The predicted molar refractivity (Wildman–Crippen MR) is 123 cm³/mol. The molecule has 33 heavy (non-hydrogen) atoms. The van der Waals surface area contributed by atoms with Gasteiger partial charge in [-0.25, -0.2) is 9.37 Å². The second-order valence-electron chi connectivity index (χ2n) is 7.53. The van der Waals surface area contributed by atoms with Crippen LogP contribution in [0.2, 0.25) is 0 Å². The van der Waals surface area contributed by atoms with Gasteiger partial charge in [-0.2, -0.15) is 0 Å². The van der Waals surface area contributed by atoms with Crippen molar-refractivity contribution in [2.75, 3.05) is 11.9 Å². The number of carbonyl (C=O) groups excluding carboxylic acids is 3. The van der Waals surface area contributed by atoms with Crippen molar-refractivity contribution in [2.45, 2.75) is 32.9 Å². The number of rotatable bonds is 9. The zero-order valence-electron chi connectivity index (χ0n) is 18.2. The van der Waals surface area contributed by atoms with E-state index in [4.69, 9.17) is 0 Å². The Balaban J connectivity index is 1.52. The van der Waals surface area contributed by atoms with E-state index >= 15 is 0 Å². The van der Waals surface area contributed by atoms with Gasteiger partial charge in [0.25, 0.3) is 5.91 Å². The normalized spacial score (nSPS) is 10.7. The number of hydrogen-bond acceptors (Lipinski definition) is 6. The highest BCUT2D eigenvalue weighted by Crippen LogP contribution is 2.17. The van der Waals surface area contributed by atoms with E-state index in [9.17, 15) is 18.8 Å². The third-order valence-electron chi connectivity index (χ3n) is 4.67. The molecule has 8 nitrogen and oxygen atoms in total. The topological polar surface area (TPSA) is 104 Å². The number of amides is 3. The first kappa shape index (κ1) is 24.0. The molecule has 0 unspecified atom stereocenters. The molecule has 0 saturated heterocycles. The molecule has 1 aromatic carbocycles. The summed E-state index contributed by atoms with van der Waals surface area (Å²) in [6.07, 6.45) is 3.40. The van der Waals surface area contributed by atoms with Crippen molar-refractivity contribution in [2.24, 2.45) is 0 Å². The molecule has 0 bridgehead atoms. The van der Waals surface area contributed by atoms with Crippen LogP contribution >= 0.6 is 11.3 Å². The highest BCUT2D eigenvalue weighted by molar-refractivity contribution is 7.13. The number of carbonyl (C=O) groups is 3. The molecule has 3 amide bonds. The van der Waals surface area contributed by atoms with Crippen LogP contribution in [-0.4, -0.2) is 45.2 Å². The second-order valence-corrected chi connectivity index (χ2v) is 8.39. The summed E-state index contributed by atoms with van der Waals surface area (Å²) in [5, 5.41) is 7.52. The summed E-state index contributed by atoms with van der Waals surface area (Å²) in [6.45, 7) is 3.79. The Morgan fingerprint density at radius 1 is 1.06 bits per heavy atom. The Kier molecular flexibility index (Phi) is 8.20. The zero-order valence-corrected chi connectivity index (χ0v) is 19.1. The fraction of sp³-hybridized carbons (Fsp3) is 0.261. The summed E-state index contributed by atoms with van der Waals surface area (Å²) >= 11 is 1.20. The van der Waals surface area contributed by atoms with E-state index in [1.54, 1.807) is 31.6 Å². The fourth-order valence-corrected chi connectivity index (χ4v) is 3.66. The van der Waals surface area contributed by atoms with Gasteiger partial charge < -0.3 is 15.5 Å². The van der Waals surface area contributed by atoms with Gasteiger partial charge in [-0.05, 0) is 55.8 Å². The maximum absolute atomic E-state index is 13.1. The Labute approximate surface area is 194 Å². The van der Waals surface area contributed by atoms with Crippen LogP contribution in [0, 0.1) is 5.82 Å². The van der Waals surface area contributed by atoms with Crippen molar-refractivity contribution in [3.63, 3.8) is 0 Å². The minimum Gasteiger partial charge on any atom is -0.352 e. The molecule has 0 aliphatic rings. The molecular weight excluding hydrogens is 445 g/mol. The lowest BCUT2D eigenvalue weighted by Crippen LogP contribution is -2.42. The fourth-order valence-electron chi connectivity index (χ4n) is 2.93. The van der Waals surface area contributed by atoms with Gasteiger partial charge in [-0.15, -0.1) is 11.3 Å². The third kappa shape index (κ3) is 7.18. The van der Waals surface area contributed by atoms with Crippen molar-refractivity contribution in [3.05, 3.63) is 76.8 Å². The molecule has 3 rings (SSSR count). The number of nitrogens with one attached hydrogen (secondary N) is 2. The van der Waals surface area contributed by atoms with Crippen LogP contribution in [0.15, 0.2) is 54.2 Å². The van der Waals surface area contributed by atoms with Gasteiger partial charge in [0.05, 0.1) is 12.1 Å². The van der Waals surface area contributed by atoms with Crippen LogP contribution in [0.5, 0.6) is 0 Å². The first-order chi connectivity index (χ1) is 15.8. The quantitative estimate of drug-likeness (QED) is 0.501. The summed E-state index contributed by atoms with van der Waals surface area (Å²) in [5.41, 5.74) is 1.77. The molecule has 0 aliphatic heterocycles. The van der Waals surface area contributed by atoms with Gasteiger partial charge in [0.2, 0.25) is 11.8 Å². The van der Waals surface area contributed by atoms with Crippen LogP contribution in [0.25, 0.3) is 0 Å². The largest absolute Gasteiger partial charge is 0.352 e. The van der Waals surface area contributed by atoms with E-state index in [1.807, 2.05) is 12.1 Å². The molecule has 0 spiro atoms. The minimum atomic E-state index is -0.439. The number of aromatic nitrogens is 2. The summed E-state index contributed by atoms with van der Waals surface area (Å²) in [6, 6.07) is 8.57. The molecule has 3 aromatic rings. The number of hydrogen-bond donors (Lipinski definition) is 2. The summed E-state index contributed by atoms with van der Waals surface area (Å²) in [5.74, 6) is -1.41. The minimum absolute atomic E-state index is 0.0820. The molecule has 172 valence electrons. The molecule has 0 atom stereocenters. The van der Waals surface area contributed by atoms with Crippen LogP contribution in [0.3, 0.4) is 0 Å². The molecule has 2 aromatic heterocycles. The van der Waals surface area contributed by atoms with E-state index in [1.165, 1.54) is 40.5 Å². The summed E-state index contributed by atoms with van der Waals surface area (Å²) in [4.78, 5) is 47.0. The van der Waals surface area contributed by atoms with Crippen molar-refractivity contribution in [1.82, 2.24) is 20.2 Å². The number of anilines is 1. The van der Waals surface area contributed by atoms with Crippen LogP contribution in [-0.2, 0) is 22.6 Å². The second kappa shape index (κ2) is 11.3. The zero-order chi connectivity index (χ0) is 23.8. The standard InChI is InChI=1S/C23H24FN5O3S/c1-15(2)29(22(32)17-3-5-18(24)6-4-17)13-21(31)28-23-27-19(14-33-23)11-20(30)26-12-16-7-9-25-10-8-16/h3-10,14-15H,11-13H2,1-2H3,(H,26,30)(H,27,28,31). The molecule has 10 heteroatoms. The smallest absolute Gasteiger partial charge is 0.254 e. The first-order valence-corrected chi connectivity index (χ1v) is 11.2. The highest BCUT2D eigenvalue weighted by Gasteiger charge is 2.22. The molecular formula is C23H24FN5O3S. The number of halogens is 1. The van der Waals surface area contributed by atoms with Crippen molar-refractivity contribution in [1.29, 1.82) is 0 Å². The van der Waals surface area contributed by atoms with Gasteiger partial charge in [-0.1, -0.05) is 0 Å². The third-order valence-corrected chi connectivity index (χ3v) is 5.47. The van der Waals surface area contributed by atoms with E-state index in [0.29, 0.717) is 22.9 Å². The molecule has 0 saturated carbocycles. The molecule has 2 heterocycles. The van der Waals surface area contributed by atoms with E-state index < -0.39 is 11.7 Å². The van der Waals surface area contributed by atoms with Crippen molar-refractivity contribution in [3.8, 4) is 0 Å². The number of pyridine rings is 1. The van der Waals surface area contributed by atoms with Crippen molar-refractivity contribution < 1.29 is 18.8 Å². The Morgan fingerprint density at radius 2 is 1.76 bits per heavy atom. The van der Waals surface area contributed by atoms with Gasteiger partial charge >= 0.3 is 0 Å². The summed E-state index contributed by atoms with van der Waals surface area (Å²) in [7, 11) is 0. The lowest BCUT2D eigenvalue weighted by atomic mass is 10.1. The Morgan fingerprint density at radius 3 is 2.42 bits per heavy atom. The van der Waals surface area contributed by atoms with Gasteiger partial charge in [0.15, 0.2) is 5.13 Å². The lowest BCUT2D eigenvalue weighted by molar-refractivity contribution is -0.120. The Hall–Kier alpha value is -3.66. The highest BCUT2D eigenvalue weighted by atomic mass is 32.1. The number of nitrogens with zero attached hydrogens (tertiary/aromatic N) is 3. The van der Waals surface area contributed by atoms with E-state index in [0.717, 1.165) is 5.56 Å². The van der Waals surface area contributed by atoms with E-state index in [2.05, 4.69) is 20.6 Å². The van der Waals surface area contributed by atoms with Crippen molar-refractivity contribution >= 4 is 34.2 Å². The molecule has 2 N–H and O–H groups in total. The monoisotopic (exact) mass is 469 g/mol. The molecule has 0 radical (unpaired) electrons. The number of benzene rings is 1. The first-order valence-electron chi connectivity index (χ1n) is 10.3. The van der Waals surface area contributed by atoms with E-state index in [-0.39, 0.29) is 30.8 Å². The maximum Gasteiger partial charge on any atom is 0.254 e. The van der Waals surface area contributed by atoms with Crippen LogP contribution in [0.4, 0.5) is 9.52 Å². The number of thiazole rings is 1. The maximum atomic E-state index is 13.1. The van der Waals surface area contributed by atoms with Crippen LogP contribution in [0.1, 0.15) is 35.5 Å². The summed E-state index contributed by atoms with van der Waals surface area (Å²) < 4.78 is 13.1. The molecule has 0 aliphatic carbocycles. The lowest BCUT2D eigenvalue weighted by Gasteiger charge is -2.26. The van der Waals surface area contributed by atoms with Gasteiger partial charge in [-0.3, -0.25) is 19.4 Å². The van der Waals surface area contributed by atoms with Crippen LogP contribution < -0.4 is 10.6 Å². The predicted octanol–water partition coefficient (Wildman–Crippen LogP) is 3.03. The van der Waals surface area contributed by atoms with Gasteiger partial charge in [0, 0.05) is 35.9 Å². The van der Waals surface area contributed by atoms with Gasteiger partial charge in [0.1, 0.15) is 12.4 Å².